The third kappa shape index (κ3) is 3.49. The van der Waals surface area contributed by atoms with Gasteiger partial charge >= 0.3 is 0 Å². The molecule has 22 heavy (non-hydrogen) atoms. The maximum absolute atomic E-state index is 12.3. The van der Waals surface area contributed by atoms with E-state index < -0.39 is 0 Å². The van der Waals surface area contributed by atoms with Crippen molar-refractivity contribution in [2.45, 2.75) is 0 Å². The average Bonchev–Trinajstić information content (AvgIpc) is 2.55. The minimum absolute atomic E-state index is 0.186. The lowest BCUT2D eigenvalue weighted by atomic mass is 10.1. The van der Waals surface area contributed by atoms with Crippen LogP contribution in [0.5, 0.6) is 11.5 Å². The minimum atomic E-state index is -0.186. The molecule has 2 aromatic rings. The number of nitrogens with zero attached hydrogens (tertiary/aromatic N) is 1. The minimum Gasteiger partial charge on any atom is -0.497 e. The summed E-state index contributed by atoms with van der Waals surface area (Å²) in [7, 11) is 7.05. The van der Waals surface area contributed by atoms with Gasteiger partial charge in [0, 0.05) is 31.4 Å². The molecule has 0 atom stereocenters. The lowest BCUT2D eigenvalue weighted by Gasteiger charge is -2.14. The number of anilines is 2. The SMILES string of the molecule is COc1ccc(NC(=O)c2ccc(N(C)C)cc2)c(OC)c1. The van der Waals surface area contributed by atoms with E-state index in [9.17, 15) is 4.79 Å². The van der Waals surface area contributed by atoms with Gasteiger partial charge in [-0.05, 0) is 36.4 Å². The van der Waals surface area contributed by atoms with Crippen molar-refractivity contribution in [1.29, 1.82) is 0 Å². The monoisotopic (exact) mass is 300 g/mol. The van der Waals surface area contributed by atoms with Crippen molar-refractivity contribution in [2.24, 2.45) is 0 Å². The molecule has 1 amide bonds. The van der Waals surface area contributed by atoms with Gasteiger partial charge in [0.25, 0.3) is 5.91 Å². The largest absolute Gasteiger partial charge is 0.497 e. The molecule has 0 aromatic heterocycles. The Morgan fingerprint density at radius 3 is 2.23 bits per heavy atom. The molecule has 2 rings (SSSR count). The molecular formula is C17H20N2O3. The van der Waals surface area contributed by atoms with Gasteiger partial charge in [-0.3, -0.25) is 4.79 Å². The van der Waals surface area contributed by atoms with Crippen molar-refractivity contribution in [3.63, 3.8) is 0 Å². The van der Waals surface area contributed by atoms with Crippen molar-refractivity contribution in [2.75, 3.05) is 38.5 Å². The first-order valence-electron chi connectivity index (χ1n) is 6.86. The van der Waals surface area contributed by atoms with E-state index in [2.05, 4.69) is 5.32 Å². The first-order chi connectivity index (χ1) is 10.5. The van der Waals surface area contributed by atoms with Crippen LogP contribution < -0.4 is 19.7 Å². The first kappa shape index (κ1) is 15.7. The highest BCUT2D eigenvalue weighted by Gasteiger charge is 2.11. The van der Waals surface area contributed by atoms with Crippen molar-refractivity contribution in [3.05, 3.63) is 48.0 Å². The van der Waals surface area contributed by atoms with Crippen LogP contribution >= 0.6 is 0 Å². The van der Waals surface area contributed by atoms with E-state index in [0.717, 1.165) is 5.69 Å². The van der Waals surface area contributed by atoms with E-state index in [-0.39, 0.29) is 5.91 Å². The molecule has 2 aromatic carbocycles. The highest BCUT2D eigenvalue weighted by Crippen LogP contribution is 2.29. The highest BCUT2D eigenvalue weighted by molar-refractivity contribution is 6.05. The average molecular weight is 300 g/mol. The van der Waals surface area contributed by atoms with Crippen LogP contribution in [0, 0.1) is 0 Å². The van der Waals surface area contributed by atoms with Gasteiger partial charge in [-0.15, -0.1) is 0 Å². The quantitative estimate of drug-likeness (QED) is 0.922. The zero-order valence-corrected chi connectivity index (χ0v) is 13.2. The topological polar surface area (TPSA) is 50.8 Å². The number of methoxy groups -OCH3 is 2. The molecule has 0 aliphatic rings. The van der Waals surface area contributed by atoms with Gasteiger partial charge in [0.2, 0.25) is 0 Å². The zero-order valence-electron chi connectivity index (χ0n) is 13.2. The molecule has 0 aliphatic carbocycles. The molecule has 0 saturated heterocycles. The van der Waals surface area contributed by atoms with Crippen molar-refractivity contribution in [1.82, 2.24) is 0 Å². The zero-order chi connectivity index (χ0) is 16.1. The fourth-order valence-corrected chi connectivity index (χ4v) is 2.01. The second-order valence-electron chi connectivity index (χ2n) is 4.96. The molecule has 0 saturated carbocycles. The molecule has 0 aliphatic heterocycles. The lowest BCUT2D eigenvalue weighted by Crippen LogP contribution is -2.13. The summed E-state index contributed by atoms with van der Waals surface area (Å²) in [5.74, 6) is 1.04. The predicted octanol–water partition coefficient (Wildman–Crippen LogP) is 3.02. The van der Waals surface area contributed by atoms with E-state index in [1.807, 2.05) is 31.1 Å². The number of nitrogens with one attached hydrogen (secondary N) is 1. The number of rotatable bonds is 5. The number of carbonyl (C=O) groups is 1. The second kappa shape index (κ2) is 6.85. The van der Waals surface area contributed by atoms with Crippen LogP contribution in [-0.4, -0.2) is 34.2 Å². The van der Waals surface area contributed by atoms with E-state index in [4.69, 9.17) is 9.47 Å². The van der Waals surface area contributed by atoms with Crippen molar-refractivity contribution >= 4 is 17.3 Å². The Morgan fingerprint density at radius 2 is 1.68 bits per heavy atom. The number of hydrogen-bond acceptors (Lipinski definition) is 4. The molecule has 1 N–H and O–H groups in total. The van der Waals surface area contributed by atoms with Gasteiger partial charge in [-0.25, -0.2) is 0 Å². The molecule has 0 unspecified atom stereocenters. The number of hydrogen-bond donors (Lipinski definition) is 1. The Labute approximate surface area is 130 Å². The van der Waals surface area contributed by atoms with E-state index in [0.29, 0.717) is 22.7 Å². The smallest absolute Gasteiger partial charge is 0.255 e. The summed E-state index contributed by atoms with van der Waals surface area (Å²) < 4.78 is 10.4. The highest BCUT2D eigenvalue weighted by atomic mass is 16.5. The van der Waals surface area contributed by atoms with Crippen LogP contribution in [0.1, 0.15) is 10.4 Å². The first-order valence-corrected chi connectivity index (χ1v) is 6.86. The van der Waals surface area contributed by atoms with E-state index >= 15 is 0 Å². The number of carbonyl (C=O) groups excluding carboxylic acids is 1. The van der Waals surface area contributed by atoms with Crippen LogP contribution in [0.3, 0.4) is 0 Å². The maximum atomic E-state index is 12.3. The van der Waals surface area contributed by atoms with Gasteiger partial charge in [-0.1, -0.05) is 0 Å². The van der Waals surface area contributed by atoms with Crippen LogP contribution in [0.4, 0.5) is 11.4 Å². The van der Waals surface area contributed by atoms with E-state index in [1.54, 1.807) is 44.6 Å². The molecule has 0 heterocycles. The standard InChI is InChI=1S/C17H20N2O3/c1-19(2)13-7-5-12(6-8-13)17(20)18-15-10-9-14(21-3)11-16(15)22-4/h5-11H,1-4H3,(H,18,20). The fourth-order valence-electron chi connectivity index (χ4n) is 2.01. The Balaban J connectivity index is 2.18. The summed E-state index contributed by atoms with van der Waals surface area (Å²) in [6.45, 7) is 0. The molecule has 0 radical (unpaired) electrons. The van der Waals surface area contributed by atoms with E-state index in [1.165, 1.54) is 0 Å². The second-order valence-corrected chi connectivity index (χ2v) is 4.96. The number of ether oxygens (including phenoxy) is 2. The Kier molecular flexibility index (Phi) is 4.88. The Hall–Kier alpha value is -2.69. The molecule has 5 heteroatoms. The molecule has 0 bridgehead atoms. The van der Waals surface area contributed by atoms with Crippen LogP contribution in [0.25, 0.3) is 0 Å². The Bertz CT molecular complexity index is 651. The molecule has 116 valence electrons. The summed E-state index contributed by atoms with van der Waals surface area (Å²) in [6.07, 6.45) is 0. The lowest BCUT2D eigenvalue weighted by molar-refractivity contribution is 0.102. The van der Waals surface area contributed by atoms with Gasteiger partial charge in [0.05, 0.1) is 19.9 Å². The fraction of sp³-hybridized carbons (Fsp3) is 0.235. The summed E-state index contributed by atoms with van der Waals surface area (Å²) >= 11 is 0. The number of amides is 1. The van der Waals surface area contributed by atoms with Crippen LogP contribution in [-0.2, 0) is 0 Å². The van der Waals surface area contributed by atoms with Crippen molar-refractivity contribution < 1.29 is 14.3 Å². The molecule has 0 spiro atoms. The Morgan fingerprint density at radius 1 is 1.00 bits per heavy atom. The third-order valence-electron chi connectivity index (χ3n) is 3.30. The van der Waals surface area contributed by atoms with Gasteiger partial charge in [0.15, 0.2) is 0 Å². The molecule has 0 fully saturated rings. The van der Waals surface area contributed by atoms with Crippen LogP contribution in [0.15, 0.2) is 42.5 Å². The van der Waals surface area contributed by atoms with Crippen molar-refractivity contribution in [3.8, 4) is 11.5 Å². The van der Waals surface area contributed by atoms with Gasteiger partial charge in [-0.2, -0.15) is 0 Å². The summed E-state index contributed by atoms with van der Waals surface area (Å²) in [6, 6.07) is 12.6. The summed E-state index contributed by atoms with van der Waals surface area (Å²) in [5, 5.41) is 2.84. The molecular weight excluding hydrogens is 280 g/mol. The normalized spacial score (nSPS) is 10.0. The number of benzene rings is 2. The third-order valence-corrected chi connectivity index (χ3v) is 3.30. The van der Waals surface area contributed by atoms with Crippen LogP contribution in [0.2, 0.25) is 0 Å². The maximum Gasteiger partial charge on any atom is 0.255 e. The summed E-state index contributed by atoms with van der Waals surface area (Å²) in [4.78, 5) is 14.3. The summed E-state index contributed by atoms with van der Waals surface area (Å²) in [5.41, 5.74) is 2.23. The molecule has 5 nitrogen and oxygen atoms in total. The predicted molar refractivity (Wildman–Crippen MR) is 88.3 cm³/mol. The van der Waals surface area contributed by atoms with Gasteiger partial charge in [0.1, 0.15) is 11.5 Å². The van der Waals surface area contributed by atoms with Gasteiger partial charge < -0.3 is 19.7 Å².